The van der Waals surface area contributed by atoms with Gasteiger partial charge in [0, 0.05) is 37.7 Å². The number of carbonyl (C=O) groups excluding carboxylic acids is 1. The lowest BCUT2D eigenvalue weighted by atomic mass is 9.98. The van der Waals surface area contributed by atoms with Crippen LogP contribution < -0.4 is 0 Å². The van der Waals surface area contributed by atoms with Gasteiger partial charge in [0.05, 0.1) is 24.2 Å². The highest BCUT2D eigenvalue weighted by molar-refractivity contribution is 7.89. The maximum absolute atomic E-state index is 13.0. The molecule has 0 N–H and O–H groups in total. The minimum Gasteiger partial charge on any atom is -0.379 e. The molecular formula is C18H23N3O4S. The molecular weight excluding hydrogens is 354 g/mol. The number of sulfonamides is 1. The molecule has 0 aromatic heterocycles. The van der Waals surface area contributed by atoms with Crippen molar-refractivity contribution in [3.63, 3.8) is 0 Å². The largest absolute Gasteiger partial charge is 0.379 e. The van der Waals surface area contributed by atoms with Gasteiger partial charge in [0.15, 0.2) is 0 Å². The Morgan fingerprint density at radius 2 is 1.85 bits per heavy atom. The lowest BCUT2D eigenvalue weighted by molar-refractivity contribution is 0.0706. The van der Waals surface area contributed by atoms with Crippen LogP contribution in [0.3, 0.4) is 0 Å². The van der Waals surface area contributed by atoms with E-state index in [1.165, 1.54) is 10.4 Å². The highest BCUT2D eigenvalue weighted by Gasteiger charge is 2.29. The minimum atomic E-state index is -3.65. The molecule has 0 radical (unpaired) electrons. The van der Waals surface area contributed by atoms with E-state index in [1.807, 2.05) is 0 Å². The third-order valence-electron chi connectivity index (χ3n) is 4.99. The van der Waals surface area contributed by atoms with Crippen LogP contribution in [0, 0.1) is 24.2 Å². The first-order valence-electron chi connectivity index (χ1n) is 8.81. The van der Waals surface area contributed by atoms with Crippen molar-refractivity contribution in [2.45, 2.75) is 24.7 Å². The summed E-state index contributed by atoms with van der Waals surface area (Å²) in [5.74, 6) is -0.186. The first-order chi connectivity index (χ1) is 12.4. The fourth-order valence-corrected chi connectivity index (χ4v) is 4.99. The van der Waals surface area contributed by atoms with Crippen LogP contribution in [-0.2, 0) is 14.8 Å². The van der Waals surface area contributed by atoms with Gasteiger partial charge in [0.1, 0.15) is 0 Å². The van der Waals surface area contributed by atoms with Gasteiger partial charge in [-0.25, -0.2) is 8.42 Å². The first kappa shape index (κ1) is 18.8. The molecule has 1 aromatic carbocycles. The summed E-state index contributed by atoms with van der Waals surface area (Å²) in [5.41, 5.74) is 0.995. The highest BCUT2D eigenvalue weighted by atomic mass is 32.2. The Hall–Kier alpha value is -1.95. The second kappa shape index (κ2) is 7.74. The maximum atomic E-state index is 13.0. The van der Waals surface area contributed by atoms with Gasteiger partial charge in [-0.3, -0.25) is 4.79 Å². The lowest BCUT2D eigenvalue weighted by Crippen LogP contribution is -2.41. The molecule has 1 amide bonds. The Kier molecular flexibility index (Phi) is 5.61. The average Bonchev–Trinajstić information content (AvgIpc) is 2.68. The second-order valence-electron chi connectivity index (χ2n) is 6.69. The highest BCUT2D eigenvalue weighted by Crippen LogP contribution is 2.24. The Bertz CT molecular complexity index is 817. The number of nitrogens with zero attached hydrogens (tertiary/aromatic N) is 3. The molecule has 26 heavy (non-hydrogen) atoms. The van der Waals surface area contributed by atoms with Gasteiger partial charge in [-0.2, -0.15) is 9.57 Å². The molecule has 0 aliphatic carbocycles. The van der Waals surface area contributed by atoms with Crippen LogP contribution >= 0.6 is 0 Å². The Morgan fingerprint density at radius 1 is 1.19 bits per heavy atom. The molecule has 2 aliphatic heterocycles. The Balaban J connectivity index is 1.83. The van der Waals surface area contributed by atoms with Gasteiger partial charge in [0.25, 0.3) is 5.91 Å². The van der Waals surface area contributed by atoms with E-state index in [1.54, 1.807) is 24.0 Å². The second-order valence-corrected chi connectivity index (χ2v) is 8.60. The fraction of sp³-hybridized carbons (Fsp3) is 0.556. The number of hydrogen-bond donors (Lipinski definition) is 0. The van der Waals surface area contributed by atoms with Crippen LogP contribution in [0.15, 0.2) is 23.1 Å². The van der Waals surface area contributed by atoms with Crippen molar-refractivity contribution in [1.82, 2.24) is 9.21 Å². The maximum Gasteiger partial charge on any atom is 0.253 e. The molecule has 0 unspecified atom stereocenters. The number of piperidine rings is 1. The van der Waals surface area contributed by atoms with E-state index in [2.05, 4.69) is 6.07 Å². The zero-order valence-electron chi connectivity index (χ0n) is 14.8. The van der Waals surface area contributed by atoms with Crippen LogP contribution in [0.4, 0.5) is 0 Å². The van der Waals surface area contributed by atoms with Crippen molar-refractivity contribution < 1.29 is 17.9 Å². The standard InChI is InChI=1S/C18H23N3O4S/c1-14-2-3-16(18(22)20-6-4-15(13-19)5-7-20)12-17(14)26(23,24)21-8-10-25-11-9-21/h2-3,12,15H,4-11H2,1H3. The van der Waals surface area contributed by atoms with Crippen LogP contribution in [0.25, 0.3) is 0 Å². The van der Waals surface area contributed by atoms with E-state index in [0.29, 0.717) is 63.4 Å². The van der Waals surface area contributed by atoms with Gasteiger partial charge in [-0.05, 0) is 37.5 Å². The van der Waals surface area contributed by atoms with E-state index in [-0.39, 0.29) is 16.7 Å². The zero-order chi connectivity index (χ0) is 18.7. The summed E-state index contributed by atoms with van der Waals surface area (Å²) in [6.07, 6.45) is 1.32. The SMILES string of the molecule is Cc1ccc(C(=O)N2CCC(C#N)CC2)cc1S(=O)(=O)N1CCOCC1. The number of carbonyl (C=O) groups is 1. The molecule has 140 valence electrons. The zero-order valence-corrected chi connectivity index (χ0v) is 15.7. The van der Waals surface area contributed by atoms with Crippen molar-refractivity contribution in [3.05, 3.63) is 29.3 Å². The third-order valence-corrected chi connectivity index (χ3v) is 7.03. The molecule has 0 bridgehead atoms. The van der Waals surface area contributed by atoms with Crippen molar-refractivity contribution in [1.29, 1.82) is 5.26 Å². The molecule has 1 aromatic rings. The number of hydrogen-bond acceptors (Lipinski definition) is 5. The summed E-state index contributed by atoms with van der Waals surface area (Å²) in [6.45, 7) is 4.19. The summed E-state index contributed by atoms with van der Waals surface area (Å²) in [7, 11) is -3.65. The Morgan fingerprint density at radius 3 is 2.46 bits per heavy atom. The van der Waals surface area contributed by atoms with E-state index in [4.69, 9.17) is 10.00 Å². The lowest BCUT2D eigenvalue weighted by Gasteiger charge is -2.30. The molecule has 0 atom stereocenters. The van der Waals surface area contributed by atoms with Crippen molar-refractivity contribution in [3.8, 4) is 6.07 Å². The monoisotopic (exact) mass is 377 g/mol. The fourth-order valence-electron chi connectivity index (χ4n) is 3.33. The van der Waals surface area contributed by atoms with Gasteiger partial charge < -0.3 is 9.64 Å². The van der Waals surface area contributed by atoms with Gasteiger partial charge in [0.2, 0.25) is 10.0 Å². The number of ether oxygens (including phenoxy) is 1. The number of likely N-dealkylation sites (tertiary alicyclic amines) is 1. The van der Waals surface area contributed by atoms with Crippen molar-refractivity contribution >= 4 is 15.9 Å². The van der Waals surface area contributed by atoms with Gasteiger partial charge in [-0.15, -0.1) is 0 Å². The van der Waals surface area contributed by atoms with Crippen LogP contribution in [0.1, 0.15) is 28.8 Å². The summed E-state index contributed by atoms with van der Waals surface area (Å²) in [6, 6.07) is 7.08. The molecule has 2 heterocycles. The molecule has 3 rings (SSSR count). The topological polar surface area (TPSA) is 90.7 Å². The molecule has 2 aliphatic rings. The van der Waals surface area contributed by atoms with Crippen LogP contribution in [0.2, 0.25) is 0 Å². The summed E-state index contributed by atoms with van der Waals surface area (Å²) >= 11 is 0. The van der Waals surface area contributed by atoms with Crippen molar-refractivity contribution in [2.75, 3.05) is 39.4 Å². The molecule has 7 nitrogen and oxygen atoms in total. The van der Waals surface area contributed by atoms with Crippen LogP contribution in [0.5, 0.6) is 0 Å². The summed E-state index contributed by atoms with van der Waals surface area (Å²) < 4.78 is 32.5. The first-order valence-corrected chi connectivity index (χ1v) is 10.2. The van der Waals surface area contributed by atoms with E-state index >= 15 is 0 Å². The number of morpholine rings is 1. The number of aryl methyl sites for hydroxylation is 1. The quantitative estimate of drug-likeness (QED) is 0.794. The van der Waals surface area contributed by atoms with E-state index in [9.17, 15) is 13.2 Å². The van der Waals surface area contributed by atoms with Crippen LogP contribution in [-0.4, -0.2) is 62.9 Å². The number of nitriles is 1. The molecule has 0 spiro atoms. The molecule has 2 fully saturated rings. The summed E-state index contributed by atoms with van der Waals surface area (Å²) in [4.78, 5) is 14.7. The van der Waals surface area contributed by atoms with Gasteiger partial charge >= 0.3 is 0 Å². The van der Waals surface area contributed by atoms with Gasteiger partial charge in [-0.1, -0.05) is 6.07 Å². The normalized spacial score (nSPS) is 19.9. The van der Waals surface area contributed by atoms with E-state index < -0.39 is 10.0 Å². The van der Waals surface area contributed by atoms with Crippen molar-refractivity contribution in [2.24, 2.45) is 5.92 Å². The minimum absolute atomic E-state index is 0.00525. The van der Waals surface area contributed by atoms with E-state index in [0.717, 1.165) is 0 Å². The molecule has 0 saturated carbocycles. The number of rotatable bonds is 3. The Labute approximate surface area is 154 Å². The number of benzene rings is 1. The third kappa shape index (κ3) is 3.75. The predicted molar refractivity (Wildman–Crippen MR) is 95.0 cm³/mol. The average molecular weight is 377 g/mol. The smallest absolute Gasteiger partial charge is 0.253 e. The molecule has 2 saturated heterocycles. The number of amides is 1. The summed E-state index contributed by atoms with van der Waals surface area (Å²) in [5, 5.41) is 8.98. The predicted octanol–water partition coefficient (Wildman–Crippen LogP) is 1.39. The molecule has 8 heteroatoms.